The fraction of sp³-hybridized carbons (Fsp3) is 0.786. The fourth-order valence-corrected chi connectivity index (χ4v) is 1.76. The Labute approximate surface area is 114 Å². The molecule has 0 aromatic carbocycles. The second-order valence-corrected chi connectivity index (χ2v) is 4.78. The number of hydrogen-bond acceptors (Lipinski definition) is 5. The van der Waals surface area contributed by atoms with Gasteiger partial charge in [0.1, 0.15) is 6.10 Å². The largest absolute Gasteiger partial charge is 0.454 e. The molecule has 0 saturated carbocycles. The first-order valence-corrected chi connectivity index (χ1v) is 6.72. The molecule has 1 rings (SSSR count). The number of carbonyl (C=O) groups excluding carboxylic acids is 1. The molecule has 0 N–H and O–H groups in total. The lowest BCUT2D eigenvalue weighted by molar-refractivity contribution is -0.167. The normalized spacial score (nSPS) is 18.4. The highest BCUT2D eigenvalue weighted by Crippen LogP contribution is 2.31. The van der Waals surface area contributed by atoms with Crippen molar-refractivity contribution >= 4 is 5.97 Å². The highest BCUT2D eigenvalue weighted by Gasteiger charge is 2.37. The molecule has 19 heavy (non-hydrogen) atoms. The van der Waals surface area contributed by atoms with E-state index in [-0.39, 0.29) is 11.5 Å². The van der Waals surface area contributed by atoms with Crippen molar-refractivity contribution in [3.05, 3.63) is 12.7 Å². The lowest BCUT2D eigenvalue weighted by Crippen LogP contribution is -2.46. The monoisotopic (exact) mass is 272 g/mol. The maximum Gasteiger partial charge on any atom is 0.330 e. The number of carbonyl (C=O) groups is 1. The van der Waals surface area contributed by atoms with Gasteiger partial charge in [-0.3, -0.25) is 0 Å². The van der Waals surface area contributed by atoms with E-state index in [1.165, 1.54) is 0 Å². The number of hydrogen-bond donors (Lipinski definition) is 0. The Kier molecular flexibility index (Phi) is 7.05. The summed E-state index contributed by atoms with van der Waals surface area (Å²) in [5.41, 5.74) is 0.138. The van der Waals surface area contributed by atoms with Crippen LogP contribution in [0.15, 0.2) is 12.7 Å². The van der Waals surface area contributed by atoms with E-state index in [9.17, 15) is 4.79 Å². The smallest absolute Gasteiger partial charge is 0.330 e. The Balaban J connectivity index is 2.30. The van der Waals surface area contributed by atoms with Crippen LogP contribution in [0.25, 0.3) is 0 Å². The average molecular weight is 272 g/mol. The lowest BCUT2D eigenvalue weighted by atomic mass is 9.84. The molecular formula is C14H24O5. The number of ether oxygens (including phenoxy) is 4. The van der Waals surface area contributed by atoms with E-state index in [0.717, 1.165) is 25.7 Å². The van der Waals surface area contributed by atoms with Gasteiger partial charge in [-0.1, -0.05) is 13.5 Å². The molecule has 0 spiro atoms. The van der Waals surface area contributed by atoms with Crippen LogP contribution in [-0.2, 0) is 23.7 Å². The number of esters is 1. The Hall–Kier alpha value is -0.910. The standard InChI is InChI=1S/C14H24O5/c1-4-13(15)19-12(7-16-6-3)8-17-9-14(5-2)10-18-11-14/h4,12H,1,5-11H2,2-3H3. The summed E-state index contributed by atoms with van der Waals surface area (Å²) in [7, 11) is 0. The number of rotatable bonds is 10. The van der Waals surface area contributed by atoms with Gasteiger partial charge in [-0.2, -0.15) is 0 Å². The van der Waals surface area contributed by atoms with E-state index in [0.29, 0.717) is 26.4 Å². The molecule has 0 radical (unpaired) electrons. The topological polar surface area (TPSA) is 54.0 Å². The van der Waals surface area contributed by atoms with Crippen molar-refractivity contribution in [1.82, 2.24) is 0 Å². The average Bonchev–Trinajstić information content (AvgIpc) is 2.38. The molecule has 0 aliphatic carbocycles. The summed E-state index contributed by atoms with van der Waals surface area (Å²) in [6.07, 6.45) is 1.78. The quantitative estimate of drug-likeness (QED) is 0.446. The molecule has 110 valence electrons. The molecule has 1 atom stereocenters. The second-order valence-electron chi connectivity index (χ2n) is 4.78. The predicted molar refractivity (Wildman–Crippen MR) is 70.9 cm³/mol. The summed E-state index contributed by atoms with van der Waals surface area (Å²) in [5.74, 6) is -0.453. The zero-order valence-corrected chi connectivity index (χ0v) is 11.9. The Morgan fingerprint density at radius 2 is 2.05 bits per heavy atom. The van der Waals surface area contributed by atoms with Gasteiger partial charge in [0.2, 0.25) is 0 Å². The lowest BCUT2D eigenvalue weighted by Gasteiger charge is -2.40. The van der Waals surface area contributed by atoms with Crippen LogP contribution in [0, 0.1) is 5.41 Å². The van der Waals surface area contributed by atoms with Crippen LogP contribution in [0.2, 0.25) is 0 Å². The van der Waals surface area contributed by atoms with Gasteiger partial charge in [0.05, 0.1) is 33.0 Å². The SMILES string of the molecule is C=CC(=O)OC(COCC)COCC1(CC)COC1. The Morgan fingerprint density at radius 3 is 2.53 bits per heavy atom. The van der Waals surface area contributed by atoms with Crippen molar-refractivity contribution in [2.75, 3.05) is 39.6 Å². The Bertz CT molecular complexity index is 280. The predicted octanol–water partition coefficient (Wildman–Crippen LogP) is 1.56. The van der Waals surface area contributed by atoms with Gasteiger partial charge >= 0.3 is 5.97 Å². The maximum atomic E-state index is 11.2. The molecule has 0 aromatic heterocycles. The molecule has 0 amide bonds. The van der Waals surface area contributed by atoms with Gasteiger partial charge < -0.3 is 18.9 Å². The third-order valence-corrected chi connectivity index (χ3v) is 3.24. The molecule has 0 bridgehead atoms. The van der Waals surface area contributed by atoms with E-state index in [2.05, 4.69) is 13.5 Å². The van der Waals surface area contributed by atoms with Crippen LogP contribution in [0.3, 0.4) is 0 Å². The van der Waals surface area contributed by atoms with Crippen LogP contribution in [0.4, 0.5) is 0 Å². The van der Waals surface area contributed by atoms with Gasteiger partial charge in [0.15, 0.2) is 0 Å². The summed E-state index contributed by atoms with van der Waals surface area (Å²) < 4.78 is 21.3. The van der Waals surface area contributed by atoms with E-state index in [1.807, 2.05) is 6.92 Å². The molecule has 1 fully saturated rings. The molecule has 1 saturated heterocycles. The minimum atomic E-state index is -0.453. The van der Waals surface area contributed by atoms with Crippen LogP contribution < -0.4 is 0 Å². The van der Waals surface area contributed by atoms with Crippen molar-refractivity contribution in [3.8, 4) is 0 Å². The van der Waals surface area contributed by atoms with Crippen LogP contribution >= 0.6 is 0 Å². The molecule has 5 nitrogen and oxygen atoms in total. The maximum absolute atomic E-state index is 11.2. The van der Waals surface area contributed by atoms with Crippen molar-refractivity contribution in [3.63, 3.8) is 0 Å². The fourth-order valence-electron chi connectivity index (χ4n) is 1.76. The first-order chi connectivity index (χ1) is 9.15. The summed E-state index contributed by atoms with van der Waals surface area (Å²) >= 11 is 0. The molecule has 1 aliphatic rings. The van der Waals surface area contributed by atoms with Gasteiger partial charge in [-0.15, -0.1) is 0 Å². The first-order valence-electron chi connectivity index (χ1n) is 6.72. The highest BCUT2D eigenvalue weighted by atomic mass is 16.6. The summed E-state index contributed by atoms with van der Waals surface area (Å²) in [4.78, 5) is 11.2. The minimum absolute atomic E-state index is 0.138. The van der Waals surface area contributed by atoms with Crippen LogP contribution in [-0.4, -0.2) is 51.7 Å². The van der Waals surface area contributed by atoms with Crippen LogP contribution in [0.1, 0.15) is 20.3 Å². The van der Waals surface area contributed by atoms with Gasteiger partial charge in [0, 0.05) is 18.1 Å². The van der Waals surface area contributed by atoms with E-state index >= 15 is 0 Å². The molecule has 5 heteroatoms. The zero-order chi connectivity index (χ0) is 14.1. The summed E-state index contributed by atoms with van der Waals surface area (Å²) in [6.45, 7) is 10.8. The van der Waals surface area contributed by atoms with Gasteiger partial charge in [0.25, 0.3) is 0 Å². The van der Waals surface area contributed by atoms with Gasteiger partial charge in [-0.05, 0) is 13.3 Å². The van der Waals surface area contributed by atoms with Gasteiger partial charge in [-0.25, -0.2) is 4.79 Å². The van der Waals surface area contributed by atoms with Crippen molar-refractivity contribution in [1.29, 1.82) is 0 Å². The van der Waals surface area contributed by atoms with Crippen molar-refractivity contribution in [2.45, 2.75) is 26.4 Å². The summed E-state index contributed by atoms with van der Waals surface area (Å²) in [5, 5.41) is 0. The van der Waals surface area contributed by atoms with Crippen LogP contribution in [0.5, 0.6) is 0 Å². The minimum Gasteiger partial charge on any atom is -0.454 e. The molecule has 1 heterocycles. The van der Waals surface area contributed by atoms with Crippen molar-refractivity contribution < 1.29 is 23.7 Å². The molecule has 1 unspecified atom stereocenters. The summed E-state index contributed by atoms with van der Waals surface area (Å²) in [6, 6.07) is 0. The highest BCUT2D eigenvalue weighted by molar-refractivity contribution is 5.81. The molecule has 0 aromatic rings. The van der Waals surface area contributed by atoms with E-state index in [4.69, 9.17) is 18.9 Å². The molecular weight excluding hydrogens is 248 g/mol. The van der Waals surface area contributed by atoms with E-state index < -0.39 is 5.97 Å². The third kappa shape index (κ3) is 5.30. The Morgan fingerprint density at radius 1 is 1.37 bits per heavy atom. The second kappa shape index (κ2) is 8.30. The zero-order valence-electron chi connectivity index (χ0n) is 11.9. The first kappa shape index (κ1) is 16.1. The van der Waals surface area contributed by atoms with E-state index in [1.54, 1.807) is 0 Å². The molecule has 1 aliphatic heterocycles. The van der Waals surface area contributed by atoms with Crippen molar-refractivity contribution in [2.24, 2.45) is 5.41 Å². The third-order valence-electron chi connectivity index (χ3n) is 3.24.